The summed E-state index contributed by atoms with van der Waals surface area (Å²) >= 11 is 0. The van der Waals surface area contributed by atoms with Gasteiger partial charge in [0.25, 0.3) is 0 Å². The van der Waals surface area contributed by atoms with Crippen molar-refractivity contribution >= 4 is 5.97 Å². The van der Waals surface area contributed by atoms with Crippen molar-refractivity contribution in [3.63, 3.8) is 0 Å². The average molecular weight is 296 g/mol. The second-order valence-corrected chi connectivity index (χ2v) is 7.84. The first-order valence-electron chi connectivity index (χ1n) is 8.56. The van der Waals surface area contributed by atoms with Gasteiger partial charge in [0.1, 0.15) is 6.04 Å². The number of nitrogens with zero attached hydrogens (tertiary/aromatic N) is 2. The number of carboxylic acids is 1. The van der Waals surface area contributed by atoms with E-state index in [1.54, 1.807) is 0 Å². The van der Waals surface area contributed by atoms with Gasteiger partial charge in [-0.25, -0.2) is 0 Å². The number of hydrogen-bond acceptors (Lipinski definition) is 3. The van der Waals surface area contributed by atoms with Crippen molar-refractivity contribution in [1.29, 1.82) is 0 Å². The van der Waals surface area contributed by atoms with Gasteiger partial charge in [-0.3, -0.25) is 14.6 Å². The molecule has 0 amide bonds. The van der Waals surface area contributed by atoms with Crippen molar-refractivity contribution in [3.05, 3.63) is 0 Å². The van der Waals surface area contributed by atoms with Crippen molar-refractivity contribution in [3.8, 4) is 0 Å². The van der Waals surface area contributed by atoms with Crippen LogP contribution in [0.3, 0.4) is 0 Å². The van der Waals surface area contributed by atoms with E-state index in [2.05, 4.69) is 37.5 Å². The molecule has 2 aliphatic rings. The predicted molar refractivity (Wildman–Crippen MR) is 85.3 cm³/mol. The van der Waals surface area contributed by atoms with E-state index < -0.39 is 5.97 Å². The fourth-order valence-electron chi connectivity index (χ4n) is 3.81. The van der Waals surface area contributed by atoms with Crippen LogP contribution in [-0.4, -0.2) is 59.6 Å². The molecular formula is C17H32N2O2. The highest BCUT2D eigenvalue weighted by Gasteiger charge is 2.36. The molecule has 1 heterocycles. The molecule has 1 saturated heterocycles. The fraction of sp³-hybridized carbons (Fsp3) is 0.941. The molecule has 1 aliphatic heterocycles. The van der Waals surface area contributed by atoms with Crippen LogP contribution in [0, 0.1) is 23.7 Å². The van der Waals surface area contributed by atoms with Crippen LogP contribution in [-0.2, 0) is 4.79 Å². The molecule has 4 heteroatoms. The Kier molecular flexibility index (Phi) is 5.67. The molecule has 0 aromatic rings. The highest BCUT2D eigenvalue weighted by atomic mass is 16.4. The number of piperazine rings is 1. The lowest BCUT2D eigenvalue weighted by molar-refractivity contribution is -0.146. The lowest BCUT2D eigenvalue weighted by atomic mass is 9.69. The summed E-state index contributed by atoms with van der Waals surface area (Å²) in [6, 6.07) is -0.317. The van der Waals surface area contributed by atoms with Crippen LogP contribution >= 0.6 is 0 Å². The Balaban J connectivity index is 1.81. The van der Waals surface area contributed by atoms with E-state index in [1.165, 1.54) is 12.8 Å². The minimum absolute atomic E-state index is 0.317. The second kappa shape index (κ2) is 7.10. The first-order chi connectivity index (χ1) is 9.86. The molecule has 0 aromatic heterocycles. The smallest absolute Gasteiger partial charge is 0.322 e. The lowest BCUT2D eigenvalue weighted by Gasteiger charge is -2.45. The minimum Gasteiger partial charge on any atom is -0.480 e. The van der Waals surface area contributed by atoms with E-state index in [4.69, 9.17) is 0 Å². The van der Waals surface area contributed by atoms with Gasteiger partial charge in [0.2, 0.25) is 0 Å². The Morgan fingerprint density at radius 2 is 1.86 bits per heavy atom. The number of aliphatic carboxylic acids is 1. The van der Waals surface area contributed by atoms with Gasteiger partial charge in [-0.2, -0.15) is 0 Å². The van der Waals surface area contributed by atoms with Crippen LogP contribution in [0.5, 0.6) is 0 Å². The van der Waals surface area contributed by atoms with Gasteiger partial charge in [-0.05, 0) is 36.5 Å². The van der Waals surface area contributed by atoms with Crippen LogP contribution < -0.4 is 0 Å². The molecule has 0 aromatic carbocycles. The van der Waals surface area contributed by atoms with Gasteiger partial charge in [0.15, 0.2) is 0 Å². The zero-order chi connectivity index (χ0) is 15.6. The maximum absolute atomic E-state index is 11.5. The number of hydrogen-bond donors (Lipinski definition) is 1. The molecule has 0 spiro atoms. The molecule has 1 atom stereocenters. The third kappa shape index (κ3) is 4.43. The van der Waals surface area contributed by atoms with Crippen molar-refractivity contribution in [2.75, 3.05) is 32.7 Å². The molecule has 1 saturated carbocycles. The lowest BCUT2D eigenvalue weighted by Crippen LogP contribution is -2.58. The largest absolute Gasteiger partial charge is 0.480 e. The molecule has 1 aliphatic carbocycles. The molecular weight excluding hydrogens is 264 g/mol. The predicted octanol–water partition coefficient (Wildman–Crippen LogP) is 2.40. The van der Waals surface area contributed by atoms with E-state index in [0.29, 0.717) is 12.5 Å². The zero-order valence-corrected chi connectivity index (χ0v) is 14.1. The Labute approximate surface area is 129 Å². The van der Waals surface area contributed by atoms with Crippen molar-refractivity contribution in [2.45, 2.75) is 46.6 Å². The minimum atomic E-state index is -0.658. The SMILES string of the molecule is CC(C)CN1CCN(CC2CC(C(C)C)C2)CC1C(=O)O. The molecule has 1 N–H and O–H groups in total. The Hall–Kier alpha value is -0.610. The molecule has 21 heavy (non-hydrogen) atoms. The van der Waals surface area contributed by atoms with E-state index >= 15 is 0 Å². The van der Waals surface area contributed by atoms with Gasteiger partial charge in [-0.1, -0.05) is 27.7 Å². The Morgan fingerprint density at radius 3 is 2.38 bits per heavy atom. The molecule has 2 fully saturated rings. The van der Waals surface area contributed by atoms with E-state index in [0.717, 1.165) is 43.9 Å². The van der Waals surface area contributed by atoms with Crippen molar-refractivity contribution in [1.82, 2.24) is 9.80 Å². The summed E-state index contributed by atoms with van der Waals surface area (Å²) in [5, 5.41) is 9.49. The quantitative estimate of drug-likeness (QED) is 0.817. The average Bonchev–Trinajstić information content (AvgIpc) is 2.33. The van der Waals surface area contributed by atoms with Crippen LogP contribution in [0.1, 0.15) is 40.5 Å². The molecule has 0 bridgehead atoms. The monoisotopic (exact) mass is 296 g/mol. The summed E-state index contributed by atoms with van der Waals surface area (Å²) in [6.07, 6.45) is 2.67. The summed E-state index contributed by atoms with van der Waals surface area (Å²) in [7, 11) is 0. The van der Waals surface area contributed by atoms with Crippen molar-refractivity contribution in [2.24, 2.45) is 23.7 Å². The summed E-state index contributed by atoms with van der Waals surface area (Å²) in [6.45, 7) is 13.6. The Morgan fingerprint density at radius 1 is 1.19 bits per heavy atom. The topological polar surface area (TPSA) is 43.8 Å². The van der Waals surface area contributed by atoms with Gasteiger partial charge in [0.05, 0.1) is 0 Å². The third-order valence-electron chi connectivity index (χ3n) is 5.19. The van der Waals surface area contributed by atoms with Crippen LogP contribution in [0.2, 0.25) is 0 Å². The van der Waals surface area contributed by atoms with Crippen LogP contribution in [0.4, 0.5) is 0 Å². The maximum atomic E-state index is 11.5. The summed E-state index contributed by atoms with van der Waals surface area (Å²) < 4.78 is 0. The highest BCUT2D eigenvalue weighted by molar-refractivity contribution is 5.74. The maximum Gasteiger partial charge on any atom is 0.322 e. The number of rotatable bonds is 6. The van der Waals surface area contributed by atoms with E-state index in [-0.39, 0.29) is 6.04 Å². The van der Waals surface area contributed by atoms with Crippen LogP contribution in [0.15, 0.2) is 0 Å². The fourth-order valence-corrected chi connectivity index (χ4v) is 3.81. The molecule has 2 rings (SSSR count). The first-order valence-corrected chi connectivity index (χ1v) is 8.56. The third-order valence-corrected chi connectivity index (χ3v) is 5.19. The van der Waals surface area contributed by atoms with E-state index in [9.17, 15) is 9.90 Å². The Bertz CT molecular complexity index is 351. The van der Waals surface area contributed by atoms with Gasteiger partial charge in [-0.15, -0.1) is 0 Å². The van der Waals surface area contributed by atoms with E-state index in [1.807, 2.05) is 0 Å². The number of carboxylic acid groups (broad SMARTS) is 1. The first kappa shape index (κ1) is 16.8. The zero-order valence-electron chi connectivity index (χ0n) is 14.1. The summed E-state index contributed by atoms with van der Waals surface area (Å²) in [4.78, 5) is 16.1. The summed E-state index contributed by atoms with van der Waals surface area (Å²) in [5.41, 5.74) is 0. The normalized spacial score (nSPS) is 31.6. The second-order valence-electron chi connectivity index (χ2n) is 7.84. The standard InChI is InChI=1S/C17H32N2O2/c1-12(2)9-19-6-5-18(11-16(19)17(20)21)10-14-7-15(8-14)13(3)4/h12-16H,5-11H2,1-4H3,(H,20,21). The summed E-state index contributed by atoms with van der Waals surface area (Å²) in [5.74, 6) is 2.36. The number of carbonyl (C=O) groups is 1. The highest BCUT2D eigenvalue weighted by Crippen LogP contribution is 2.39. The van der Waals surface area contributed by atoms with Crippen LogP contribution in [0.25, 0.3) is 0 Å². The van der Waals surface area contributed by atoms with Gasteiger partial charge >= 0.3 is 5.97 Å². The molecule has 0 radical (unpaired) electrons. The molecule has 122 valence electrons. The van der Waals surface area contributed by atoms with Gasteiger partial charge in [0, 0.05) is 32.7 Å². The van der Waals surface area contributed by atoms with Crippen molar-refractivity contribution < 1.29 is 9.90 Å². The molecule has 1 unspecified atom stereocenters. The molecule has 4 nitrogen and oxygen atoms in total. The van der Waals surface area contributed by atoms with Gasteiger partial charge < -0.3 is 5.11 Å².